The molecule has 0 saturated carbocycles. The topological polar surface area (TPSA) is 9.23 Å². The number of fused-ring (bicyclic) bond motifs is 1. The molecule has 3 radical (unpaired) electrons. The van der Waals surface area contributed by atoms with Gasteiger partial charge in [-0.15, -0.1) is 0 Å². The Morgan fingerprint density at radius 1 is 1.12 bits per heavy atom. The van der Waals surface area contributed by atoms with Crippen LogP contribution in [-0.2, 0) is 11.2 Å². The van der Waals surface area contributed by atoms with Gasteiger partial charge in [-0.3, -0.25) is 0 Å². The van der Waals surface area contributed by atoms with E-state index in [4.69, 9.17) is 4.74 Å². The number of hydrogen-bond acceptors (Lipinski definition) is 1. The lowest BCUT2D eigenvalue weighted by molar-refractivity contribution is 0.119. The monoisotopic (exact) mass is 241 g/mol. The minimum Gasteiger partial charge on any atom is -0.377 e. The van der Waals surface area contributed by atoms with Crippen molar-refractivity contribution in [3.63, 3.8) is 0 Å². The second-order valence-corrected chi connectivity index (χ2v) is 4.82. The molecule has 2 heteroatoms. The van der Waals surface area contributed by atoms with E-state index < -0.39 is 0 Å². The van der Waals surface area contributed by atoms with E-state index in [-0.39, 0.29) is 6.10 Å². The van der Waals surface area contributed by atoms with E-state index in [9.17, 15) is 0 Å². The standard InChI is InChI=1S/C15H17OSi/c1-11(16-2)13-5-6-14-9-12(7-8-17)3-4-15(14)10-13/h3-6,9-11H,7-8H2,1-2H3. The highest BCUT2D eigenvalue weighted by Crippen LogP contribution is 2.23. The van der Waals surface area contributed by atoms with E-state index in [1.807, 2.05) is 0 Å². The third kappa shape index (κ3) is 2.76. The molecule has 0 amide bonds. The van der Waals surface area contributed by atoms with E-state index in [0.29, 0.717) is 0 Å². The Labute approximate surface area is 106 Å². The smallest absolute Gasteiger partial charge is 0.0793 e. The van der Waals surface area contributed by atoms with Crippen LogP contribution in [0.15, 0.2) is 36.4 Å². The Hall–Kier alpha value is -1.12. The highest BCUT2D eigenvalue weighted by molar-refractivity contribution is 6.08. The van der Waals surface area contributed by atoms with Crippen LogP contribution < -0.4 is 0 Å². The Balaban J connectivity index is 2.39. The maximum absolute atomic E-state index is 5.34. The van der Waals surface area contributed by atoms with Crippen LogP contribution in [0.2, 0.25) is 6.04 Å². The summed E-state index contributed by atoms with van der Waals surface area (Å²) < 4.78 is 5.34. The number of rotatable bonds is 4. The maximum atomic E-state index is 5.34. The van der Waals surface area contributed by atoms with Crippen LogP contribution in [-0.4, -0.2) is 17.4 Å². The van der Waals surface area contributed by atoms with Gasteiger partial charge < -0.3 is 4.74 Å². The molecule has 17 heavy (non-hydrogen) atoms. The first-order chi connectivity index (χ1) is 8.24. The van der Waals surface area contributed by atoms with Crippen LogP contribution in [0, 0.1) is 0 Å². The summed E-state index contributed by atoms with van der Waals surface area (Å²) in [5, 5.41) is 2.58. The number of ether oxygens (including phenoxy) is 1. The quantitative estimate of drug-likeness (QED) is 0.742. The van der Waals surface area contributed by atoms with Crippen molar-refractivity contribution in [1.82, 2.24) is 0 Å². The molecule has 0 aliphatic carbocycles. The fourth-order valence-electron chi connectivity index (χ4n) is 2.00. The van der Waals surface area contributed by atoms with Crippen molar-refractivity contribution in [2.45, 2.75) is 25.5 Å². The fourth-order valence-corrected chi connectivity index (χ4v) is 2.29. The summed E-state index contributed by atoms with van der Waals surface area (Å²) >= 11 is 0. The first-order valence-corrected chi connectivity index (χ1v) is 6.65. The van der Waals surface area contributed by atoms with Crippen molar-refractivity contribution in [3.8, 4) is 0 Å². The maximum Gasteiger partial charge on any atom is 0.0793 e. The summed E-state index contributed by atoms with van der Waals surface area (Å²) in [4.78, 5) is 0. The van der Waals surface area contributed by atoms with Gasteiger partial charge in [0.1, 0.15) is 0 Å². The van der Waals surface area contributed by atoms with Crippen molar-refractivity contribution in [2.24, 2.45) is 0 Å². The van der Waals surface area contributed by atoms with E-state index in [1.54, 1.807) is 7.11 Å². The molecular weight excluding hydrogens is 224 g/mol. The first kappa shape index (κ1) is 12.3. The van der Waals surface area contributed by atoms with Gasteiger partial charge in [0.2, 0.25) is 0 Å². The molecule has 1 nitrogen and oxygen atoms in total. The minimum absolute atomic E-state index is 0.154. The molecule has 2 aromatic carbocycles. The van der Waals surface area contributed by atoms with Crippen molar-refractivity contribution in [1.29, 1.82) is 0 Å². The summed E-state index contributed by atoms with van der Waals surface area (Å²) in [6, 6.07) is 14.2. The second kappa shape index (κ2) is 5.47. The molecule has 0 aromatic heterocycles. The van der Waals surface area contributed by atoms with Crippen molar-refractivity contribution >= 4 is 21.0 Å². The normalized spacial score (nSPS) is 12.9. The van der Waals surface area contributed by atoms with Crippen LogP contribution in [0.3, 0.4) is 0 Å². The highest BCUT2D eigenvalue weighted by atomic mass is 28.1. The summed E-state index contributed by atoms with van der Waals surface area (Å²) in [6.07, 6.45) is 1.23. The van der Waals surface area contributed by atoms with Gasteiger partial charge in [0.15, 0.2) is 0 Å². The Morgan fingerprint density at radius 2 is 1.82 bits per heavy atom. The largest absolute Gasteiger partial charge is 0.377 e. The van der Waals surface area contributed by atoms with E-state index >= 15 is 0 Å². The lowest BCUT2D eigenvalue weighted by atomic mass is 10.0. The molecule has 0 bridgehead atoms. The molecule has 0 aliphatic heterocycles. The lowest BCUT2D eigenvalue weighted by Gasteiger charge is -2.11. The van der Waals surface area contributed by atoms with Gasteiger partial charge in [0.25, 0.3) is 0 Å². The Bertz CT molecular complexity index is 507. The van der Waals surface area contributed by atoms with Gasteiger partial charge >= 0.3 is 0 Å². The predicted molar refractivity (Wildman–Crippen MR) is 73.6 cm³/mol. The number of benzene rings is 2. The van der Waals surface area contributed by atoms with Gasteiger partial charge in [0, 0.05) is 17.4 Å². The number of hydrogen-bond donors (Lipinski definition) is 0. The zero-order chi connectivity index (χ0) is 12.3. The molecule has 2 rings (SSSR count). The number of aryl methyl sites for hydroxylation is 1. The molecular formula is C15H17OSi. The lowest BCUT2D eigenvalue weighted by Crippen LogP contribution is -1.95. The summed E-state index contributed by atoms with van der Waals surface area (Å²) in [7, 11) is 5.26. The third-order valence-corrected chi connectivity index (χ3v) is 3.42. The van der Waals surface area contributed by atoms with Crippen molar-refractivity contribution < 1.29 is 4.74 Å². The van der Waals surface area contributed by atoms with Gasteiger partial charge in [0.05, 0.1) is 6.10 Å². The number of methoxy groups -OCH3 is 1. The summed E-state index contributed by atoms with van der Waals surface area (Å²) in [5.74, 6) is 0. The van der Waals surface area contributed by atoms with Crippen LogP contribution >= 0.6 is 0 Å². The van der Waals surface area contributed by atoms with Crippen LogP contribution in [0.4, 0.5) is 0 Å². The molecule has 1 atom stereocenters. The molecule has 2 aromatic rings. The van der Waals surface area contributed by atoms with Crippen LogP contribution in [0.1, 0.15) is 24.2 Å². The van der Waals surface area contributed by atoms with Gasteiger partial charge in [-0.25, -0.2) is 0 Å². The van der Waals surface area contributed by atoms with Crippen molar-refractivity contribution in [3.05, 3.63) is 47.5 Å². The predicted octanol–water partition coefficient (Wildman–Crippen LogP) is 3.68. The third-order valence-electron chi connectivity index (χ3n) is 3.17. The fraction of sp³-hybridized carbons (Fsp3) is 0.333. The summed E-state index contributed by atoms with van der Waals surface area (Å²) in [6.45, 7) is 2.07. The van der Waals surface area contributed by atoms with E-state index in [0.717, 1.165) is 12.5 Å². The molecule has 0 N–H and O–H groups in total. The highest BCUT2D eigenvalue weighted by Gasteiger charge is 2.04. The van der Waals surface area contributed by atoms with E-state index in [1.165, 1.54) is 21.9 Å². The molecule has 0 aliphatic rings. The second-order valence-electron chi connectivity index (χ2n) is 4.32. The average molecular weight is 241 g/mol. The van der Waals surface area contributed by atoms with Crippen LogP contribution in [0.5, 0.6) is 0 Å². The molecule has 0 fully saturated rings. The molecule has 0 saturated heterocycles. The zero-order valence-corrected chi connectivity index (χ0v) is 11.4. The first-order valence-electron chi connectivity index (χ1n) is 5.94. The minimum atomic E-state index is 0.154. The summed E-state index contributed by atoms with van der Waals surface area (Å²) in [5.41, 5.74) is 2.60. The van der Waals surface area contributed by atoms with Crippen molar-refractivity contribution in [2.75, 3.05) is 7.11 Å². The SMILES string of the molecule is COC(C)c1ccc2cc(CC[Si])ccc2c1. The molecule has 0 spiro atoms. The Morgan fingerprint density at radius 3 is 2.53 bits per heavy atom. The molecule has 0 heterocycles. The molecule has 87 valence electrons. The van der Waals surface area contributed by atoms with Crippen LogP contribution in [0.25, 0.3) is 10.8 Å². The van der Waals surface area contributed by atoms with E-state index in [2.05, 4.69) is 53.6 Å². The van der Waals surface area contributed by atoms with Gasteiger partial charge in [-0.2, -0.15) is 0 Å². The van der Waals surface area contributed by atoms with Gasteiger partial charge in [-0.1, -0.05) is 36.4 Å². The Kier molecular flexibility index (Phi) is 3.97. The average Bonchev–Trinajstić information content (AvgIpc) is 2.37. The molecule has 1 unspecified atom stereocenters. The van der Waals surface area contributed by atoms with Gasteiger partial charge in [-0.05, 0) is 41.3 Å². The zero-order valence-electron chi connectivity index (χ0n) is 10.4.